The summed E-state index contributed by atoms with van der Waals surface area (Å²) in [4.78, 5) is 12.5. The van der Waals surface area contributed by atoms with Crippen LogP contribution in [0, 0.1) is 11.8 Å². The molecule has 0 unspecified atom stereocenters. The largest absolute Gasteiger partial charge is 0.396 e. The molecule has 0 aliphatic heterocycles. The smallest absolute Gasteiger partial charge is 0.192 e. The van der Waals surface area contributed by atoms with Gasteiger partial charge in [-0.25, -0.2) is 0 Å². The molecule has 0 saturated carbocycles. The lowest BCUT2D eigenvalue weighted by molar-refractivity contribution is -0.119. The summed E-state index contributed by atoms with van der Waals surface area (Å²) in [6.45, 7) is 12.4. The van der Waals surface area contributed by atoms with Gasteiger partial charge in [0.2, 0.25) is 0 Å². The van der Waals surface area contributed by atoms with Crippen molar-refractivity contribution in [2.45, 2.75) is 64.9 Å². The molecule has 4 heteroatoms. The predicted molar refractivity (Wildman–Crippen MR) is 102 cm³/mol. The molecule has 0 amide bonds. The van der Waals surface area contributed by atoms with Gasteiger partial charge in [0.05, 0.1) is 12.2 Å². The van der Waals surface area contributed by atoms with E-state index < -0.39 is 0 Å². The maximum absolute atomic E-state index is 12.5. The molecule has 3 atom stereocenters. The van der Waals surface area contributed by atoms with E-state index >= 15 is 0 Å². The first-order valence-corrected chi connectivity index (χ1v) is 9.48. The van der Waals surface area contributed by atoms with E-state index in [4.69, 9.17) is 4.74 Å². The van der Waals surface area contributed by atoms with Gasteiger partial charge < -0.3 is 9.84 Å². The molecule has 0 saturated heterocycles. The van der Waals surface area contributed by atoms with Crippen LogP contribution in [0.1, 0.15) is 59.6 Å². The van der Waals surface area contributed by atoms with E-state index in [0.29, 0.717) is 6.42 Å². The second kappa shape index (κ2) is 9.59. The van der Waals surface area contributed by atoms with Crippen LogP contribution in [0.3, 0.4) is 0 Å². The Hall–Kier alpha value is -0.840. The lowest BCUT2D eigenvalue weighted by atomic mass is 9.94. The standard InChI is InChI=1S/C20H32O3S/c1-14(2)19(15(3)13-21)23-17(16-10-8-7-9-11-16)12-18(22)24-20(4,5)6/h7-11,14-15,17,19,21H,12-13H2,1-6H3/t15-,17-,19+/m0/s1. The van der Waals surface area contributed by atoms with Gasteiger partial charge in [-0.3, -0.25) is 4.79 Å². The van der Waals surface area contributed by atoms with Gasteiger partial charge in [0.1, 0.15) is 0 Å². The molecule has 0 aliphatic carbocycles. The predicted octanol–water partition coefficient (Wildman–Crippen LogP) is 4.85. The van der Waals surface area contributed by atoms with E-state index in [-0.39, 0.29) is 40.5 Å². The summed E-state index contributed by atoms with van der Waals surface area (Å²) in [5.74, 6) is 0.297. The van der Waals surface area contributed by atoms with Crippen LogP contribution in [0.2, 0.25) is 0 Å². The molecule has 24 heavy (non-hydrogen) atoms. The highest BCUT2D eigenvalue weighted by molar-refractivity contribution is 8.14. The van der Waals surface area contributed by atoms with Crippen molar-refractivity contribution in [2.75, 3.05) is 6.61 Å². The molecule has 0 aliphatic rings. The van der Waals surface area contributed by atoms with E-state index in [1.807, 2.05) is 58.0 Å². The zero-order valence-corrected chi connectivity index (χ0v) is 16.6. The summed E-state index contributed by atoms with van der Waals surface area (Å²) < 4.78 is 6.24. The number of hydrogen-bond donors (Lipinski definition) is 1. The number of aliphatic hydroxyl groups is 1. The van der Waals surface area contributed by atoms with Crippen molar-refractivity contribution in [3.05, 3.63) is 35.9 Å². The van der Waals surface area contributed by atoms with Crippen molar-refractivity contribution >= 4 is 16.9 Å². The summed E-state index contributed by atoms with van der Waals surface area (Å²) in [6.07, 6.45) is -0.0320. The molecule has 1 aromatic rings. The van der Waals surface area contributed by atoms with Crippen molar-refractivity contribution in [3.8, 4) is 0 Å². The highest BCUT2D eigenvalue weighted by Gasteiger charge is 2.28. The minimum atomic E-state index is -0.282. The minimum absolute atomic E-state index is 0.0292. The molecule has 0 radical (unpaired) electrons. The van der Waals surface area contributed by atoms with Crippen LogP contribution in [0.4, 0.5) is 0 Å². The number of benzene rings is 1. The summed E-state index contributed by atoms with van der Waals surface area (Å²) in [5.41, 5.74) is 1.01. The third kappa shape index (κ3) is 7.37. The highest BCUT2D eigenvalue weighted by atomic mass is 32.2. The van der Waals surface area contributed by atoms with Crippen molar-refractivity contribution in [1.82, 2.24) is 0 Å². The fourth-order valence-electron chi connectivity index (χ4n) is 2.69. The highest BCUT2D eigenvalue weighted by Crippen LogP contribution is 2.33. The Balaban J connectivity index is 2.95. The van der Waals surface area contributed by atoms with E-state index in [9.17, 15) is 9.90 Å². The van der Waals surface area contributed by atoms with Crippen molar-refractivity contribution < 1.29 is 14.6 Å². The summed E-state index contributed by atoms with van der Waals surface area (Å²) in [6, 6.07) is 9.89. The van der Waals surface area contributed by atoms with E-state index in [2.05, 4.69) is 13.8 Å². The van der Waals surface area contributed by atoms with E-state index in [1.165, 1.54) is 11.8 Å². The Labute approximate surface area is 151 Å². The zero-order valence-electron chi connectivity index (χ0n) is 15.8. The minimum Gasteiger partial charge on any atom is -0.396 e. The van der Waals surface area contributed by atoms with Crippen LogP contribution in [-0.4, -0.2) is 27.7 Å². The number of thioether (sulfide) groups is 1. The van der Waals surface area contributed by atoms with Gasteiger partial charge in [0, 0.05) is 23.7 Å². The molecule has 0 bridgehead atoms. The second-order valence-corrected chi connectivity index (χ2v) is 9.58. The van der Waals surface area contributed by atoms with Gasteiger partial charge in [0.25, 0.3) is 0 Å². The van der Waals surface area contributed by atoms with Gasteiger partial charge in [-0.2, -0.15) is 0 Å². The number of hydrogen-bond acceptors (Lipinski definition) is 4. The third-order valence-electron chi connectivity index (χ3n) is 3.77. The van der Waals surface area contributed by atoms with Gasteiger partial charge >= 0.3 is 0 Å². The maximum Gasteiger partial charge on any atom is 0.192 e. The van der Waals surface area contributed by atoms with Gasteiger partial charge in [-0.05, 0) is 11.5 Å². The van der Waals surface area contributed by atoms with Crippen LogP contribution >= 0.6 is 11.8 Å². The Bertz CT molecular complexity index is 493. The van der Waals surface area contributed by atoms with Crippen LogP contribution in [0.15, 0.2) is 30.3 Å². The number of carbonyl (C=O) groups is 1. The topological polar surface area (TPSA) is 46.5 Å². The quantitative estimate of drug-likeness (QED) is 0.727. The van der Waals surface area contributed by atoms with Crippen molar-refractivity contribution in [1.29, 1.82) is 0 Å². The van der Waals surface area contributed by atoms with Gasteiger partial charge in [-0.1, -0.05) is 83.6 Å². The second-order valence-electron chi connectivity index (χ2n) is 7.69. The number of carbonyl (C=O) groups excluding carboxylic acids is 1. The van der Waals surface area contributed by atoms with E-state index in [0.717, 1.165) is 5.56 Å². The summed E-state index contributed by atoms with van der Waals surface area (Å²) in [7, 11) is 0. The lowest BCUT2D eigenvalue weighted by Gasteiger charge is -2.31. The van der Waals surface area contributed by atoms with Crippen LogP contribution < -0.4 is 0 Å². The average Bonchev–Trinajstić information content (AvgIpc) is 2.49. The third-order valence-corrected chi connectivity index (χ3v) is 4.78. The van der Waals surface area contributed by atoms with Gasteiger partial charge in [0.15, 0.2) is 5.12 Å². The van der Waals surface area contributed by atoms with Crippen molar-refractivity contribution in [3.63, 3.8) is 0 Å². The molecule has 3 nitrogen and oxygen atoms in total. The van der Waals surface area contributed by atoms with E-state index in [1.54, 1.807) is 0 Å². The Morgan fingerprint density at radius 2 is 1.75 bits per heavy atom. The molecular formula is C20H32O3S. The summed E-state index contributed by atoms with van der Waals surface area (Å²) >= 11 is 1.36. The molecule has 0 heterocycles. The Morgan fingerprint density at radius 3 is 2.21 bits per heavy atom. The van der Waals surface area contributed by atoms with Crippen LogP contribution in [0.5, 0.6) is 0 Å². The molecule has 0 aromatic heterocycles. The van der Waals surface area contributed by atoms with Crippen molar-refractivity contribution in [2.24, 2.45) is 11.8 Å². The maximum atomic E-state index is 12.5. The fraction of sp³-hybridized carbons (Fsp3) is 0.650. The number of rotatable bonds is 8. The van der Waals surface area contributed by atoms with Crippen LogP contribution in [-0.2, 0) is 9.53 Å². The molecule has 1 rings (SSSR count). The van der Waals surface area contributed by atoms with Crippen LogP contribution in [0.25, 0.3) is 0 Å². The normalized spacial score (nSPS) is 16.0. The SMILES string of the molecule is CC(C)[C@@H](O[C@@H](CC(=O)SC(C)(C)C)c1ccccc1)[C@@H](C)CO. The number of ether oxygens (including phenoxy) is 1. The Morgan fingerprint density at radius 1 is 1.17 bits per heavy atom. The molecule has 136 valence electrons. The number of aliphatic hydroxyl groups excluding tert-OH is 1. The molecule has 1 aromatic carbocycles. The lowest BCUT2D eigenvalue weighted by Crippen LogP contribution is -2.32. The zero-order chi connectivity index (χ0) is 18.3. The summed E-state index contributed by atoms with van der Waals surface area (Å²) in [5, 5.41) is 9.66. The molecule has 1 N–H and O–H groups in total. The molecule has 0 spiro atoms. The average molecular weight is 353 g/mol. The first kappa shape index (κ1) is 21.2. The first-order valence-electron chi connectivity index (χ1n) is 8.67. The van der Waals surface area contributed by atoms with Gasteiger partial charge in [-0.15, -0.1) is 0 Å². The fourth-order valence-corrected chi connectivity index (χ4v) is 3.61. The Kier molecular flexibility index (Phi) is 8.48. The molecule has 0 fully saturated rings. The first-order chi connectivity index (χ1) is 11.1. The monoisotopic (exact) mass is 352 g/mol. The molecular weight excluding hydrogens is 320 g/mol.